The molecule has 0 aliphatic carbocycles. The van der Waals surface area contributed by atoms with E-state index in [4.69, 9.17) is 5.73 Å². The van der Waals surface area contributed by atoms with Gasteiger partial charge < -0.3 is 16.4 Å². The Morgan fingerprint density at radius 2 is 1.68 bits per heavy atom. The summed E-state index contributed by atoms with van der Waals surface area (Å²) in [6.45, 7) is 10.4. The lowest BCUT2D eigenvalue weighted by molar-refractivity contribution is -0.118. The van der Waals surface area contributed by atoms with E-state index >= 15 is 0 Å². The number of primary amides is 1. The van der Waals surface area contributed by atoms with E-state index in [-0.39, 0.29) is 17.2 Å². The van der Waals surface area contributed by atoms with Crippen LogP contribution in [0.5, 0.6) is 0 Å². The van der Waals surface area contributed by atoms with Crippen LogP contribution in [0.4, 0.5) is 10.5 Å². The highest BCUT2D eigenvalue weighted by atomic mass is 16.2. The Morgan fingerprint density at radius 3 is 2.09 bits per heavy atom. The van der Waals surface area contributed by atoms with Gasteiger partial charge in [0.15, 0.2) is 0 Å². The Balaban J connectivity index is 2.78. The van der Waals surface area contributed by atoms with Crippen molar-refractivity contribution in [2.45, 2.75) is 52.5 Å². The zero-order valence-corrected chi connectivity index (χ0v) is 14.1. The Hall–Kier alpha value is -2.04. The van der Waals surface area contributed by atoms with E-state index in [9.17, 15) is 9.59 Å². The zero-order chi connectivity index (χ0) is 16.9. The SMILES string of the molecule is CC(C)CC(NC(N)=O)C(=O)Nc1ccc(C(C)(C)C)cc1. The van der Waals surface area contributed by atoms with Gasteiger partial charge in [0.1, 0.15) is 6.04 Å². The van der Waals surface area contributed by atoms with E-state index in [1.807, 2.05) is 38.1 Å². The molecule has 1 aromatic carbocycles. The number of hydrogen-bond acceptors (Lipinski definition) is 2. The summed E-state index contributed by atoms with van der Waals surface area (Å²) in [6.07, 6.45) is 0.537. The monoisotopic (exact) mass is 305 g/mol. The molecule has 1 aromatic rings. The second-order valence-electron chi connectivity index (χ2n) is 7.01. The van der Waals surface area contributed by atoms with Gasteiger partial charge in [-0.1, -0.05) is 46.8 Å². The fraction of sp³-hybridized carbons (Fsp3) is 0.529. The molecule has 0 aliphatic rings. The summed E-state index contributed by atoms with van der Waals surface area (Å²) in [6, 6.07) is 6.41. The summed E-state index contributed by atoms with van der Waals surface area (Å²) in [7, 11) is 0. The van der Waals surface area contributed by atoms with Crippen LogP contribution in [-0.2, 0) is 10.2 Å². The number of rotatable bonds is 5. The second kappa shape index (κ2) is 7.29. The van der Waals surface area contributed by atoms with Crippen LogP contribution in [0.2, 0.25) is 0 Å². The number of carbonyl (C=O) groups excluding carboxylic acids is 2. The van der Waals surface area contributed by atoms with Crippen molar-refractivity contribution in [2.75, 3.05) is 5.32 Å². The quantitative estimate of drug-likeness (QED) is 0.781. The number of anilines is 1. The van der Waals surface area contributed by atoms with E-state index in [2.05, 4.69) is 31.4 Å². The molecule has 5 nitrogen and oxygen atoms in total. The van der Waals surface area contributed by atoms with E-state index in [1.165, 1.54) is 5.56 Å². The summed E-state index contributed by atoms with van der Waals surface area (Å²) < 4.78 is 0. The van der Waals surface area contributed by atoms with Gasteiger partial charge >= 0.3 is 6.03 Å². The van der Waals surface area contributed by atoms with E-state index in [0.29, 0.717) is 12.1 Å². The van der Waals surface area contributed by atoms with Crippen molar-refractivity contribution >= 4 is 17.6 Å². The second-order valence-corrected chi connectivity index (χ2v) is 7.01. The third-order valence-electron chi connectivity index (χ3n) is 3.36. The van der Waals surface area contributed by atoms with Crippen LogP contribution in [0, 0.1) is 5.92 Å². The number of amides is 3. The molecular weight excluding hydrogens is 278 g/mol. The normalized spacial score (nSPS) is 12.8. The maximum atomic E-state index is 12.3. The summed E-state index contributed by atoms with van der Waals surface area (Å²) in [4.78, 5) is 23.3. The minimum Gasteiger partial charge on any atom is -0.352 e. The predicted octanol–water partition coefficient (Wildman–Crippen LogP) is 3.01. The molecule has 0 heterocycles. The van der Waals surface area contributed by atoms with Crippen molar-refractivity contribution in [2.24, 2.45) is 11.7 Å². The number of carbonyl (C=O) groups is 2. The molecule has 5 heteroatoms. The Labute approximate surface area is 132 Å². The van der Waals surface area contributed by atoms with Crippen LogP contribution in [0.1, 0.15) is 46.6 Å². The topological polar surface area (TPSA) is 84.2 Å². The number of urea groups is 1. The van der Waals surface area contributed by atoms with Crippen molar-refractivity contribution in [1.82, 2.24) is 5.32 Å². The van der Waals surface area contributed by atoms with Gasteiger partial charge in [-0.3, -0.25) is 4.79 Å². The zero-order valence-electron chi connectivity index (χ0n) is 14.1. The molecule has 1 rings (SSSR count). The molecule has 1 unspecified atom stereocenters. The third-order valence-corrected chi connectivity index (χ3v) is 3.36. The van der Waals surface area contributed by atoms with Gasteiger partial charge in [-0.05, 0) is 35.4 Å². The lowest BCUT2D eigenvalue weighted by Crippen LogP contribution is -2.46. The molecule has 0 saturated heterocycles. The lowest BCUT2D eigenvalue weighted by atomic mass is 9.87. The van der Waals surface area contributed by atoms with Crippen molar-refractivity contribution in [3.05, 3.63) is 29.8 Å². The lowest BCUT2D eigenvalue weighted by Gasteiger charge is -2.21. The molecule has 4 N–H and O–H groups in total. The first-order chi connectivity index (χ1) is 10.1. The first-order valence-corrected chi connectivity index (χ1v) is 7.57. The Morgan fingerprint density at radius 1 is 1.14 bits per heavy atom. The Bertz CT molecular complexity index is 516. The van der Waals surface area contributed by atoms with Gasteiger partial charge in [-0.25, -0.2) is 4.79 Å². The van der Waals surface area contributed by atoms with Crippen molar-refractivity contribution in [3.63, 3.8) is 0 Å². The number of nitrogens with two attached hydrogens (primary N) is 1. The molecule has 22 heavy (non-hydrogen) atoms. The van der Waals surface area contributed by atoms with Gasteiger partial charge in [0, 0.05) is 5.69 Å². The van der Waals surface area contributed by atoms with Crippen LogP contribution >= 0.6 is 0 Å². The highest BCUT2D eigenvalue weighted by Crippen LogP contribution is 2.23. The first kappa shape index (κ1) is 18.0. The van der Waals surface area contributed by atoms with Crippen molar-refractivity contribution in [1.29, 1.82) is 0 Å². The average Bonchev–Trinajstić information content (AvgIpc) is 2.36. The third kappa shape index (κ3) is 5.76. The highest BCUT2D eigenvalue weighted by molar-refractivity contribution is 5.96. The molecule has 122 valence electrons. The van der Waals surface area contributed by atoms with Gasteiger partial charge in [0.2, 0.25) is 5.91 Å². The first-order valence-electron chi connectivity index (χ1n) is 7.57. The summed E-state index contributed by atoms with van der Waals surface area (Å²) in [5.74, 6) is 0.0156. The molecule has 3 amide bonds. The summed E-state index contributed by atoms with van der Waals surface area (Å²) in [5.41, 5.74) is 7.10. The van der Waals surface area contributed by atoms with Gasteiger partial charge in [0.05, 0.1) is 0 Å². The van der Waals surface area contributed by atoms with Gasteiger partial charge in [-0.15, -0.1) is 0 Å². The molecule has 0 saturated carbocycles. The molecule has 0 fully saturated rings. The minimum absolute atomic E-state index is 0.0657. The van der Waals surface area contributed by atoms with Crippen molar-refractivity contribution in [3.8, 4) is 0 Å². The summed E-state index contributed by atoms with van der Waals surface area (Å²) >= 11 is 0. The molecule has 0 aromatic heterocycles. The molecular formula is C17H27N3O2. The largest absolute Gasteiger partial charge is 0.352 e. The van der Waals surface area contributed by atoms with E-state index in [0.717, 1.165) is 0 Å². The average molecular weight is 305 g/mol. The fourth-order valence-electron chi connectivity index (χ4n) is 2.16. The number of hydrogen-bond donors (Lipinski definition) is 3. The fourth-order valence-corrected chi connectivity index (χ4v) is 2.16. The van der Waals surface area contributed by atoms with Crippen LogP contribution in [0.3, 0.4) is 0 Å². The van der Waals surface area contributed by atoms with Crippen LogP contribution in [0.15, 0.2) is 24.3 Å². The highest BCUT2D eigenvalue weighted by Gasteiger charge is 2.21. The molecule has 0 bridgehead atoms. The predicted molar refractivity (Wildman–Crippen MR) is 89.7 cm³/mol. The molecule has 0 aliphatic heterocycles. The summed E-state index contributed by atoms with van der Waals surface area (Å²) in [5, 5.41) is 5.32. The van der Waals surface area contributed by atoms with Crippen LogP contribution in [-0.4, -0.2) is 18.0 Å². The number of benzene rings is 1. The van der Waals surface area contributed by atoms with Crippen LogP contribution in [0.25, 0.3) is 0 Å². The van der Waals surface area contributed by atoms with Gasteiger partial charge in [-0.2, -0.15) is 0 Å². The van der Waals surface area contributed by atoms with Crippen LogP contribution < -0.4 is 16.4 Å². The van der Waals surface area contributed by atoms with Crippen molar-refractivity contribution < 1.29 is 9.59 Å². The maximum Gasteiger partial charge on any atom is 0.312 e. The number of nitrogens with one attached hydrogen (secondary N) is 2. The molecule has 0 radical (unpaired) electrons. The van der Waals surface area contributed by atoms with Gasteiger partial charge in [0.25, 0.3) is 0 Å². The maximum absolute atomic E-state index is 12.3. The molecule has 1 atom stereocenters. The van der Waals surface area contributed by atoms with E-state index in [1.54, 1.807) is 0 Å². The Kier molecular flexibility index (Phi) is 5.97. The minimum atomic E-state index is -0.691. The van der Waals surface area contributed by atoms with E-state index < -0.39 is 12.1 Å². The standard InChI is InChI=1S/C17H27N3O2/c1-11(2)10-14(20-16(18)22)15(21)19-13-8-6-12(7-9-13)17(3,4)5/h6-9,11,14H,10H2,1-5H3,(H,19,21)(H3,18,20,22). The smallest absolute Gasteiger partial charge is 0.312 e. The molecule has 0 spiro atoms.